The molecule has 3 fully saturated rings. The first-order chi connectivity index (χ1) is 13.4. The minimum Gasteiger partial charge on any atom is -0.493 e. The summed E-state index contributed by atoms with van der Waals surface area (Å²) in [4.78, 5) is 43.2. The van der Waals surface area contributed by atoms with E-state index in [1.54, 1.807) is 23.9 Å². The van der Waals surface area contributed by atoms with Crippen LogP contribution in [0.5, 0.6) is 5.75 Å². The molecule has 2 bridgehead atoms. The number of piperidine rings is 1. The largest absolute Gasteiger partial charge is 0.493 e. The molecule has 1 aromatic carbocycles. The number of carbonyl (C=O) groups excluding carboxylic acids is 3. The molecule has 150 valence electrons. The number of ether oxygens (including phenoxy) is 1. The van der Waals surface area contributed by atoms with E-state index >= 15 is 0 Å². The van der Waals surface area contributed by atoms with Crippen molar-refractivity contribution in [1.82, 2.24) is 14.7 Å². The van der Waals surface area contributed by atoms with Crippen LogP contribution < -0.4 is 4.74 Å². The van der Waals surface area contributed by atoms with Gasteiger partial charge < -0.3 is 19.4 Å². The van der Waals surface area contributed by atoms with Crippen LogP contribution >= 0.6 is 0 Å². The van der Waals surface area contributed by atoms with Gasteiger partial charge in [-0.1, -0.05) is 0 Å². The number of amides is 3. The van der Waals surface area contributed by atoms with Crippen LogP contribution in [0.4, 0.5) is 0 Å². The number of likely N-dealkylation sites (N-methyl/N-ethyl adjacent to an activating group) is 1. The van der Waals surface area contributed by atoms with E-state index in [1.807, 2.05) is 18.2 Å². The first-order valence-corrected chi connectivity index (χ1v) is 9.99. The molecule has 28 heavy (non-hydrogen) atoms. The summed E-state index contributed by atoms with van der Waals surface area (Å²) in [5, 5.41) is 0. The Bertz CT molecular complexity index is 807. The minimum absolute atomic E-state index is 0.000547. The van der Waals surface area contributed by atoms with E-state index in [1.165, 1.54) is 4.90 Å². The molecule has 0 aliphatic carbocycles. The van der Waals surface area contributed by atoms with Gasteiger partial charge >= 0.3 is 0 Å². The number of hydrogen-bond donors (Lipinski definition) is 0. The Kier molecular flexibility index (Phi) is 5.00. The lowest BCUT2D eigenvalue weighted by Crippen LogP contribution is -2.51. The monoisotopic (exact) mass is 385 g/mol. The predicted octanol–water partition coefficient (Wildman–Crippen LogP) is 1.16. The molecule has 0 spiro atoms. The van der Waals surface area contributed by atoms with E-state index in [-0.39, 0.29) is 36.2 Å². The van der Waals surface area contributed by atoms with E-state index in [4.69, 9.17) is 4.74 Å². The third-order valence-electron chi connectivity index (χ3n) is 6.04. The molecular weight excluding hydrogens is 358 g/mol. The third-order valence-corrected chi connectivity index (χ3v) is 6.04. The van der Waals surface area contributed by atoms with Crippen LogP contribution in [0.1, 0.15) is 35.2 Å². The lowest BCUT2D eigenvalue weighted by Gasteiger charge is -2.35. The van der Waals surface area contributed by atoms with E-state index < -0.39 is 0 Å². The number of nitrogens with zero attached hydrogens (tertiary/aromatic N) is 3. The van der Waals surface area contributed by atoms with Crippen LogP contribution in [0.3, 0.4) is 0 Å². The highest BCUT2D eigenvalue weighted by Crippen LogP contribution is 2.31. The molecule has 1 aromatic rings. The van der Waals surface area contributed by atoms with Crippen LogP contribution in [0.25, 0.3) is 0 Å². The molecule has 2 atom stereocenters. The van der Waals surface area contributed by atoms with Crippen LogP contribution in [0.15, 0.2) is 18.2 Å². The second-order valence-corrected chi connectivity index (χ2v) is 8.17. The molecule has 0 unspecified atom stereocenters. The molecule has 4 heterocycles. The van der Waals surface area contributed by atoms with E-state index in [9.17, 15) is 14.4 Å². The highest BCUT2D eigenvalue weighted by molar-refractivity contribution is 5.95. The molecule has 4 aliphatic heterocycles. The Morgan fingerprint density at radius 3 is 2.82 bits per heavy atom. The van der Waals surface area contributed by atoms with Crippen molar-refractivity contribution >= 4 is 17.7 Å². The Morgan fingerprint density at radius 1 is 1.21 bits per heavy atom. The van der Waals surface area contributed by atoms with Gasteiger partial charge in [0.1, 0.15) is 12.3 Å². The van der Waals surface area contributed by atoms with E-state index in [0.29, 0.717) is 18.7 Å². The van der Waals surface area contributed by atoms with Gasteiger partial charge in [0.2, 0.25) is 11.8 Å². The highest BCUT2D eigenvalue weighted by Gasteiger charge is 2.42. The smallest absolute Gasteiger partial charge is 0.253 e. The Morgan fingerprint density at radius 2 is 2.04 bits per heavy atom. The second kappa shape index (κ2) is 7.45. The molecule has 0 radical (unpaired) electrons. The Balaban J connectivity index is 1.53. The van der Waals surface area contributed by atoms with Crippen LogP contribution in [-0.4, -0.2) is 78.8 Å². The Hall–Kier alpha value is -2.57. The van der Waals surface area contributed by atoms with Crippen molar-refractivity contribution in [2.24, 2.45) is 5.92 Å². The average molecular weight is 385 g/mol. The van der Waals surface area contributed by atoms with Gasteiger partial charge in [-0.05, 0) is 49.4 Å². The van der Waals surface area contributed by atoms with Crippen molar-refractivity contribution in [3.05, 3.63) is 29.3 Å². The summed E-state index contributed by atoms with van der Waals surface area (Å²) >= 11 is 0. The molecule has 0 aromatic heterocycles. The number of hydrogen-bond acceptors (Lipinski definition) is 4. The molecule has 7 heteroatoms. The zero-order valence-electron chi connectivity index (χ0n) is 16.5. The lowest BCUT2D eigenvalue weighted by molar-refractivity contribution is -0.145. The lowest BCUT2D eigenvalue weighted by atomic mass is 9.94. The summed E-state index contributed by atoms with van der Waals surface area (Å²) < 4.78 is 5.64. The zero-order chi connectivity index (χ0) is 19.8. The van der Waals surface area contributed by atoms with Gasteiger partial charge in [0, 0.05) is 38.8 Å². The van der Waals surface area contributed by atoms with E-state index in [2.05, 4.69) is 0 Å². The molecular formula is C21H27N3O4. The number of aryl methyl sites for hydroxylation is 1. The fourth-order valence-corrected chi connectivity index (χ4v) is 4.38. The highest BCUT2D eigenvalue weighted by atomic mass is 16.5. The van der Waals surface area contributed by atoms with Crippen molar-refractivity contribution in [3.63, 3.8) is 0 Å². The van der Waals surface area contributed by atoms with Gasteiger partial charge in [-0.25, -0.2) is 0 Å². The average Bonchev–Trinajstić information content (AvgIpc) is 2.99. The summed E-state index contributed by atoms with van der Waals surface area (Å²) in [5.41, 5.74) is 1.72. The van der Waals surface area contributed by atoms with Crippen LogP contribution in [-0.2, 0) is 16.0 Å². The third kappa shape index (κ3) is 3.45. The van der Waals surface area contributed by atoms with Crippen molar-refractivity contribution in [2.75, 3.05) is 40.3 Å². The topological polar surface area (TPSA) is 70.2 Å². The number of benzene rings is 1. The van der Waals surface area contributed by atoms with Gasteiger partial charge in [0.15, 0.2) is 0 Å². The molecule has 7 nitrogen and oxygen atoms in total. The zero-order valence-corrected chi connectivity index (χ0v) is 16.5. The quantitative estimate of drug-likeness (QED) is 0.783. The summed E-state index contributed by atoms with van der Waals surface area (Å²) in [6.45, 7) is 1.72. The maximum atomic E-state index is 13.2. The maximum absolute atomic E-state index is 13.2. The fourth-order valence-electron chi connectivity index (χ4n) is 4.38. The summed E-state index contributed by atoms with van der Waals surface area (Å²) in [6, 6.07) is 5.52. The van der Waals surface area contributed by atoms with Crippen molar-refractivity contribution in [1.29, 1.82) is 0 Å². The van der Waals surface area contributed by atoms with E-state index in [0.717, 1.165) is 43.6 Å². The number of carbonyl (C=O) groups is 3. The molecule has 3 amide bonds. The molecule has 3 saturated heterocycles. The SMILES string of the molecule is CN(C)C(=O)CN1C(=O)[C@H]2CC[C@@H]1CN(C(=O)c1ccc3c(c1)CCCO3)C2. The van der Waals surface area contributed by atoms with Gasteiger partial charge in [-0.2, -0.15) is 0 Å². The summed E-state index contributed by atoms with van der Waals surface area (Å²) in [7, 11) is 3.39. The maximum Gasteiger partial charge on any atom is 0.253 e. The standard InChI is InChI=1S/C21H27N3O4/c1-22(2)19(25)13-24-17-7-5-16(21(24)27)11-23(12-17)20(26)15-6-8-18-14(10-15)4-3-9-28-18/h6,8,10,16-17H,3-5,7,9,11-13H2,1-2H3/t16-,17+/m0/s1. The number of fused-ring (bicyclic) bond motifs is 5. The molecule has 0 saturated carbocycles. The molecule has 0 N–H and O–H groups in total. The minimum atomic E-state index is -0.223. The van der Waals surface area contributed by atoms with Crippen molar-refractivity contribution in [2.45, 2.75) is 31.7 Å². The number of rotatable bonds is 3. The van der Waals surface area contributed by atoms with Crippen molar-refractivity contribution in [3.8, 4) is 5.75 Å². The van der Waals surface area contributed by atoms with Gasteiger partial charge in [-0.3, -0.25) is 14.4 Å². The predicted molar refractivity (Wildman–Crippen MR) is 103 cm³/mol. The summed E-state index contributed by atoms with van der Waals surface area (Å²) in [6.07, 6.45) is 3.49. The first kappa shape index (κ1) is 18.8. The second-order valence-electron chi connectivity index (χ2n) is 8.17. The van der Waals surface area contributed by atoms with Gasteiger partial charge in [-0.15, -0.1) is 0 Å². The van der Waals surface area contributed by atoms with Crippen molar-refractivity contribution < 1.29 is 19.1 Å². The normalized spacial score (nSPS) is 23.7. The first-order valence-electron chi connectivity index (χ1n) is 9.99. The Labute approximate surface area is 165 Å². The van der Waals surface area contributed by atoms with Crippen LogP contribution in [0.2, 0.25) is 0 Å². The van der Waals surface area contributed by atoms with Crippen LogP contribution in [0, 0.1) is 5.92 Å². The van der Waals surface area contributed by atoms with Gasteiger partial charge in [0.05, 0.1) is 12.5 Å². The summed E-state index contributed by atoms with van der Waals surface area (Å²) in [5.74, 6) is 0.508. The van der Waals surface area contributed by atoms with Gasteiger partial charge in [0.25, 0.3) is 5.91 Å². The molecule has 5 rings (SSSR count). The molecule has 4 aliphatic rings. The fraction of sp³-hybridized carbons (Fsp3) is 0.571.